The Kier molecular flexibility index (Phi) is 7.64. The molecule has 0 radical (unpaired) electrons. The van der Waals surface area contributed by atoms with Gasteiger partial charge in [-0.05, 0) is 60.4 Å². The van der Waals surface area contributed by atoms with E-state index in [9.17, 15) is 0 Å². The lowest BCUT2D eigenvalue weighted by atomic mass is 9.89. The molecule has 1 aliphatic carbocycles. The van der Waals surface area contributed by atoms with Crippen LogP contribution in [0.1, 0.15) is 60.9 Å². The summed E-state index contributed by atoms with van der Waals surface area (Å²) in [6, 6.07) is 17.2. The summed E-state index contributed by atoms with van der Waals surface area (Å²) < 4.78 is 0. The van der Waals surface area contributed by atoms with Gasteiger partial charge in [-0.3, -0.25) is 0 Å². The Morgan fingerprint density at radius 3 is 2.55 bits per heavy atom. The van der Waals surface area contributed by atoms with Crippen LogP contribution in [-0.2, 0) is 6.42 Å². The van der Waals surface area contributed by atoms with E-state index in [0.29, 0.717) is 6.67 Å². The maximum atomic E-state index is 6.44. The Morgan fingerprint density at radius 1 is 1.14 bits per heavy atom. The molecule has 4 heteroatoms. The number of aryl methyl sites for hydroxylation is 1. The monoisotopic (exact) mass is 390 g/mol. The minimum atomic E-state index is 0.193. The van der Waals surface area contributed by atoms with Crippen molar-refractivity contribution in [3.63, 3.8) is 0 Å². The van der Waals surface area contributed by atoms with Crippen molar-refractivity contribution in [3.05, 3.63) is 82.4 Å². The zero-order valence-electron chi connectivity index (χ0n) is 17.7. The molecular formula is C25H34N4. The SMILES string of the molecule is CCc1ccccc1/C=C(\N)c1ccc(C(C2=CCCCC2)N(C)NCN)cc1. The minimum Gasteiger partial charge on any atom is -0.398 e. The van der Waals surface area contributed by atoms with Gasteiger partial charge in [-0.25, -0.2) is 10.4 Å². The Hall–Kier alpha value is -2.40. The third kappa shape index (κ3) is 5.36. The number of hydrogen-bond acceptors (Lipinski definition) is 4. The van der Waals surface area contributed by atoms with E-state index in [4.69, 9.17) is 11.5 Å². The van der Waals surface area contributed by atoms with E-state index in [1.54, 1.807) is 0 Å². The molecule has 0 aliphatic heterocycles. The Bertz CT molecular complexity index is 851. The van der Waals surface area contributed by atoms with Gasteiger partial charge in [0, 0.05) is 12.7 Å². The highest BCUT2D eigenvalue weighted by Gasteiger charge is 2.22. The molecule has 5 N–H and O–H groups in total. The number of hydrazine groups is 1. The maximum absolute atomic E-state index is 6.44. The van der Waals surface area contributed by atoms with Crippen LogP contribution in [0.4, 0.5) is 0 Å². The molecule has 0 heterocycles. The van der Waals surface area contributed by atoms with Crippen LogP contribution >= 0.6 is 0 Å². The van der Waals surface area contributed by atoms with Crippen molar-refractivity contribution in [1.82, 2.24) is 10.4 Å². The third-order valence-corrected chi connectivity index (χ3v) is 5.71. The number of allylic oxidation sites excluding steroid dienone is 1. The van der Waals surface area contributed by atoms with Gasteiger partial charge in [-0.1, -0.05) is 67.1 Å². The number of nitrogens with one attached hydrogen (secondary N) is 1. The van der Waals surface area contributed by atoms with Gasteiger partial charge in [0.15, 0.2) is 0 Å². The molecule has 4 nitrogen and oxygen atoms in total. The smallest absolute Gasteiger partial charge is 0.0700 e. The van der Waals surface area contributed by atoms with Crippen LogP contribution in [0.2, 0.25) is 0 Å². The fourth-order valence-electron chi connectivity index (χ4n) is 4.14. The highest BCUT2D eigenvalue weighted by Crippen LogP contribution is 2.33. The van der Waals surface area contributed by atoms with Gasteiger partial charge >= 0.3 is 0 Å². The number of benzene rings is 2. The van der Waals surface area contributed by atoms with E-state index in [2.05, 4.69) is 85.1 Å². The quantitative estimate of drug-likeness (QED) is 0.267. The van der Waals surface area contributed by atoms with Crippen LogP contribution in [0.5, 0.6) is 0 Å². The van der Waals surface area contributed by atoms with Crippen LogP contribution in [0.15, 0.2) is 60.2 Å². The number of nitrogens with zero attached hydrogens (tertiary/aromatic N) is 1. The standard InChI is InChI=1S/C25H34N4/c1-3-19-9-7-8-12-23(19)17-24(27)20-13-15-22(16-14-20)25(29(2)28-18-26)21-10-5-4-6-11-21/h7-10,12-17,25,28H,3-6,11,18,26-27H2,1-2H3/b24-17-. The molecule has 154 valence electrons. The average molecular weight is 391 g/mol. The van der Waals surface area contributed by atoms with Gasteiger partial charge in [-0.2, -0.15) is 0 Å². The van der Waals surface area contributed by atoms with Gasteiger partial charge in [0.05, 0.1) is 12.7 Å². The molecule has 1 atom stereocenters. The molecule has 0 saturated heterocycles. The molecule has 0 aromatic heterocycles. The first-order chi connectivity index (χ1) is 14.1. The van der Waals surface area contributed by atoms with Gasteiger partial charge in [0.1, 0.15) is 0 Å². The first-order valence-corrected chi connectivity index (χ1v) is 10.6. The molecule has 0 amide bonds. The summed E-state index contributed by atoms with van der Waals surface area (Å²) in [6.07, 6.45) is 10.3. The largest absolute Gasteiger partial charge is 0.398 e. The lowest BCUT2D eigenvalue weighted by Crippen LogP contribution is -2.41. The summed E-state index contributed by atoms with van der Waals surface area (Å²) in [7, 11) is 2.07. The number of hydrogen-bond donors (Lipinski definition) is 3. The van der Waals surface area contributed by atoms with E-state index >= 15 is 0 Å². The van der Waals surface area contributed by atoms with E-state index in [1.807, 2.05) is 0 Å². The van der Waals surface area contributed by atoms with Gasteiger partial charge < -0.3 is 11.5 Å². The first-order valence-electron chi connectivity index (χ1n) is 10.6. The summed E-state index contributed by atoms with van der Waals surface area (Å²) in [5.41, 5.74) is 22.5. The normalized spacial score (nSPS) is 16.0. The average Bonchev–Trinajstić information content (AvgIpc) is 2.76. The molecule has 0 fully saturated rings. The number of nitrogens with two attached hydrogens (primary N) is 2. The molecule has 2 aromatic carbocycles. The van der Waals surface area contributed by atoms with Crippen molar-refractivity contribution >= 4 is 11.8 Å². The highest BCUT2D eigenvalue weighted by molar-refractivity contribution is 5.80. The van der Waals surface area contributed by atoms with E-state index < -0.39 is 0 Å². The van der Waals surface area contributed by atoms with Crippen molar-refractivity contribution in [1.29, 1.82) is 0 Å². The Morgan fingerprint density at radius 2 is 1.90 bits per heavy atom. The maximum Gasteiger partial charge on any atom is 0.0700 e. The van der Waals surface area contributed by atoms with Gasteiger partial charge in [0.2, 0.25) is 0 Å². The van der Waals surface area contributed by atoms with E-state index in [0.717, 1.165) is 30.5 Å². The highest BCUT2D eigenvalue weighted by atomic mass is 15.5. The summed E-state index contributed by atoms with van der Waals surface area (Å²) in [6.45, 7) is 2.59. The lowest BCUT2D eigenvalue weighted by Gasteiger charge is -2.32. The molecule has 2 aromatic rings. The summed E-state index contributed by atoms with van der Waals surface area (Å²) in [5.74, 6) is 0. The predicted molar refractivity (Wildman–Crippen MR) is 124 cm³/mol. The molecule has 1 unspecified atom stereocenters. The van der Waals surface area contributed by atoms with Crippen LogP contribution in [0, 0.1) is 0 Å². The second kappa shape index (κ2) is 10.4. The summed E-state index contributed by atoms with van der Waals surface area (Å²) in [5, 5.41) is 2.13. The van der Waals surface area contributed by atoms with Crippen molar-refractivity contribution in [3.8, 4) is 0 Å². The molecule has 3 rings (SSSR count). The number of likely N-dealkylation sites (N-methyl/N-ethyl adjacent to an activating group) is 1. The van der Waals surface area contributed by atoms with E-state index in [1.165, 1.54) is 35.1 Å². The second-order valence-electron chi connectivity index (χ2n) is 7.67. The predicted octanol–water partition coefficient (Wildman–Crippen LogP) is 4.60. The van der Waals surface area contributed by atoms with Crippen molar-refractivity contribution < 1.29 is 0 Å². The van der Waals surface area contributed by atoms with Crippen LogP contribution < -0.4 is 16.9 Å². The fraction of sp³-hybridized carbons (Fsp3) is 0.360. The molecule has 29 heavy (non-hydrogen) atoms. The minimum absolute atomic E-state index is 0.193. The van der Waals surface area contributed by atoms with Crippen LogP contribution in [0.25, 0.3) is 11.8 Å². The Balaban J connectivity index is 1.86. The first kappa shape index (κ1) is 21.3. The molecular weight excluding hydrogens is 356 g/mol. The zero-order valence-corrected chi connectivity index (χ0v) is 17.7. The molecule has 0 bridgehead atoms. The molecule has 1 aliphatic rings. The van der Waals surface area contributed by atoms with Crippen LogP contribution in [0.3, 0.4) is 0 Å². The third-order valence-electron chi connectivity index (χ3n) is 5.71. The summed E-state index contributed by atoms with van der Waals surface area (Å²) in [4.78, 5) is 0. The van der Waals surface area contributed by atoms with Gasteiger partial charge in [-0.15, -0.1) is 0 Å². The lowest BCUT2D eigenvalue weighted by molar-refractivity contribution is 0.185. The summed E-state index contributed by atoms with van der Waals surface area (Å²) >= 11 is 0. The second-order valence-corrected chi connectivity index (χ2v) is 7.67. The van der Waals surface area contributed by atoms with E-state index in [-0.39, 0.29) is 6.04 Å². The fourth-order valence-corrected chi connectivity index (χ4v) is 4.14. The molecule has 0 saturated carbocycles. The van der Waals surface area contributed by atoms with Crippen molar-refractivity contribution in [2.45, 2.75) is 45.1 Å². The molecule has 0 spiro atoms. The Labute approximate surface area is 175 Å². The zero-order chi connectivity index (χ0) is 20.6. The van der Waals surface area contributed by atoms with Crippen LogP contribution in [-0.4, -0.2) is 18.7 Å². The topological polar surface area (TPSA) is 67.3 Å². The van der Waals surface area contributed by atoms with Crippen molar-refractivity contribution in [2.24, 2.45) is 11.5 Å². The van der Waals surface area contributed by atoms with Crippen molar-refractivity contribution in [2.75, 3.05) is 13.7 Å². The number of rotatable bonds is 8. The van der Waals surface area contributed by atoms with Gasteiger partial charge in [0.25, 0.3) is 0 Å².